The van der Waals surface area contributed by atoms with Crippen LogP contribution in [0.4, 0.5) is 0 Å². The smallest absolute Gasteiger partial charge is 0.213 e. The van der Waals surface area contributed by atoms with E-state index in [0.717, 1.165) is 37.1 Å². The molecule has 170 valence electrons. The molecule has 0 atom stereocenters. The highest BCUT2D eigenvalue weighted by molar-refractivity contribution is 5.96. The number of piperidine rings is 1. The van der Waals surface area contributed by atoms with Gasteiger partial charge in [-0.1, -0.05) is 42.7 Å². The number of Topliss-reactive ketones (excluding diaryl/α,β-unsaturated/α-hetero) is 1. The van der Waals surface area contributed by atoms with Crippen molar-refractivity contribution in [2.24, 2.45) is 0 Å². The van der Waals surface area contributed by atoms with Crippen LogP contribution in [0, 0.1) is 11.8 Å². The van der Waals surface area contributed by atoms with Crippen molar-refractivity contribution in [1.29, 1.82) is 0 Å². The Labute approximate surface area is 193 Å². The average molecular weight is 435 g/mol. The number of likely N-dealkylation sites (tertiary alicyclic amines) is 1. The molecule has 1 N–H and O–H groups in total. The van der Waals surface area contributed by atoms with E-state index in [-0.39, 0.29) is 14.7 Å². The Bertz CT molecular complexity index is 1040. The lowest BCUT2D eigenvalue weighted by Gasteiger charge is -2.28. The molecule has 6 heteroatoms. The molecule has 0 unspecified atom stereocenters. The molecule has 1 fully saturated rings. The summed E-state index contributed by atoms with van der Waals surface area (Å²) in [5.41, 5.74) is 2.88. The van der Waals surface area contributed by atoms with E-state index in [9.17, 15) is 4.79 Å². The van der Waals surface area contributed by atoms with Gasteiger partial charge >= 0.3 is 0 Å². The summed E-state index contributed by atoms with van der Waals surface area (Å²) in [5, 5.41) is 6.79. The first-order valence-electron chi connectivity index (χ1n) is 10.9. The van der Waals surface area contributed by atoms with Crippen molar-refractivity contribution in [3.63, 3.8) is 0 Å². The molecule has 0 aromatic carbocycles. The molecule has 2 aromatic rings. The third-order valence-electron chi connectivity index (χ3n) is 5.37. The number of ether oxygens (including phenoxy) is 1. The molecule has 1 aliphatic heterocycles. The van der Waals surface area contributed by atoms with Gasteiger partial charge in [-0.25, -0.2) is 4.98 Å². The van der Waals surface area contributed by atoms with Gasteiger partial charge in [0.25, 0.3) is 0 Å². The van der Waals surface area contributed by atoms with Crippen molar-refractivity contribution in [2.75, 3.05) is 20.1 Å². The number of H-pyrrole nitrogens is 1. The number of aromatic amines is 1. The Kier molecular flexibility index (Phi) is 8.59. The van der Waals surface area contributed by atoms with Crippen LogP contribution in [0.3, 0.4) is 0 Å². The largest absolute Gasteiger partial charge is 0.474 e. The van der Waals surface area contributed by atoms with Crippen molar-refractivity contribution in [1.82, 2.24) is 20.1 Å². The lowest BCUT2D eigenvalue weighted by atomic mass is 10.1. The molecule has 2 aromatic heterocycles. The topological polar surface area (TPSA) is 71.1 Å². The maximum Gasteiger partial charge on any atom is 0.213 e. The molecule has 6 nitrogen and oxygen atoms in total. The summed E-state index contributed by atoms with van der Waals surface area (Å²) in [6, 6.07) is 3.86. The molecule has 0 spiro atoms. The number of carbonyl (C=O) groups excluding carboxylic acids is 1. The molecule has 0 amide bonds. The van der Waals surface area contributed by atoms with Crippen molar-refractivity contribution < 1.29 is 12.4 Å². The zero-order valence-corrected chi connectivity index (χ0v) is 18.8. The lowest BCUT2D eigenvalue weighted by Crippen LogP contribution is -2.35. The second-order valence-electron chi connectivity index (χ2n) is 7.80. The molecular formula is C26H34N4O2. The SMILES string of the molecule is C=C/C=C\C(C#Cc1cn[nH]c1C(=O)CCc1ccc(OC2CCN(C)CC2)nc1)=C/C.[HH].[HH]. The Hall–Kier alpha value is -3.43. The zero-order valence-electron chi connectivity index (χ0n) is 18.8. The third-order valence-corrected chi connectivity index (χ3v) is 5.37. The average Bonchev–Trinajstić information content (AvgIpc) is 3.29. The van der Waals surface area contributed by atoms with Crippen molar-refractivity contribution in [3.8, 4) is 17.7 Å². The monoisotopic (exact) mass is 434 g/mol. The highest BCUT2D eigenvalue weighted by Gasteiger charge is 2.18. The van der Waals surface area contributed by atoms with E-state index in [1.807, 2.05) is 37.3 Å². The number of pyridine rings is 1. The maximum absolute atomic E-state index is 12.7. The molecule has 0 radical (unpaired) electrons. The van der Waals surface area contributed by atoms with E-state index in [2.05, 4.69) is 45.5 Å². The first-order valence-corrected chi connectivity index (χ1v) is 10.9. The number of allylic oxidation sites excluding steroid dienone is 5. The summed E-state index contributed by atoms with van der Waals surface area (Å²) in [4.78, 5) is 19.4. The van der Waals surface area contributed by atoms with Crippen LogP contribution in [-0.2, 0) is 6.42 Å². The zero-order chi connectivity index (χ0) is 22.8. The number of hydrogen-bond acceptors (Lipinski definition) is 5. The van der Waals surface area contributed by atoms with E-state index in [1.165, 1.54) is 0 Å². The minimum atomic E-state index is -0.0258. The second-order valence-corrected chi connectivity index (χ2v) is 7.80. The first kappa shape index (κ1) is 23.2. The first-order chi connectivity index (χ1) is 15.6. The van der Waals surface area contributed by atoms with E-state index >= 15 is 0 Å². The van der Waals surface area contributed by atoms with Gasteiger partial charge in [-0.15, -0.1) is 0 Å². The van der Waals surface area contributed by atoms with Gasteiger partial charge in [0.1, 0.15) is 11.8 Å². The van der Waals surface area contributed by atoms with Crippen LogP contribution in [0.5, 0.6) is 5.88 Å². The van der Waals surface area contributed by atoms with Crippen LogP contribution < -0.4 is 4.74 Å². The van der Waals surface area contributed by atoms with Crippen LogP contribution >= 0.6 is 0 Å². The fourth-order valence-electron chi connectivity index (χ4n) is 3.40. The van der Waals surface area contributed by atoms with Crippen molar-refractivity contribution >= 4 is 5.78 Å². The number of nitrogens with zero attached hydrogens (tertiary/aromatic N) is 3. The normalized spacial score (nSPS) is 15.4. The van der Waals surface area contributed by atoms with Gasteiger partial charge in [0, 0.05) is 40.2 Å². The fourth-order valence-corrected chi connectivity index (χ4v) is 3.40. The molecular weight excluding hydrogens is 400 g/mol. The summed E-state index contributed by atoms with van der Waals surface area (Å²) >= 11 is 0. The fraction of sp³-hybridized carbons (Fsp3) is 0.346. The molecule has 0 bridgehead atoms. The van der Waals surface area contributed by atoms with Gasteiger partial charge in [-0.05, 0) is 44.9 Å². The highest BCUT2D eigenvalue weighted by atomic mass is 16.5. The Balaban J connectivity index is 0.00000289. The number of ketones is 1. The van der Waals surface area contributed by atoms with Gasteiger partial charge in [0.15, 0.2) is 5.78 Å². The Morgan fingerprint density at radius 1 is 1.38 bits per heavy atom. The predicted octanol–water partition coefficient (Wildman–Crippen LogP) is 4.63. The lowest BCUT2D eigenvalue weighted by molar-refractivity contribution is 0.0978. The second kappa shape index (κ2) is 11.8. The van der Waals surface area contributed by atoms with Crippen LogP contribution in [-0.4, -0.2) is 52.1 Å². The van der Waals surface area contributed by atoms with Crippen LogP contribution in [0.15, 0.2) is 61.0 Å². The maximum atomic E-state index is 12.7. The summed E-state index contributed by atoms with van der Waals surface area (Å²) in [7, 11) is 2.13. The highest BCUT2D eigenvalue weighted by Crippen LogP contribution is 2.17. The minimum absolute atomic E-state index is 0. The standard InChI is InChI=1S/C26H30N4O2.2H2/c1-4-6-7-20(5-2)8-11-22-19-28-29-26(22)24(31)12-9-21-10-13-25(27-18-21)32-23-14-16-30(3)17-15-23;;/h4-7,10,13,18-19,23H,1,9,12,14-17H2,2-3H3,(H,28,29);2*1H/b7-6-,20-5+;;. The third kappa shape index (κ3) is 6.79. The van der Waals surface area contributed by atoms with Crippen LogP contribution in [0.25, 0.3) is 0 Å². The number of nitrogens with one attached hydrogen (secondary N) is 1. The number of hydrogen-bond donors (Lipinski definition) is 1. The van der Waals surface area contributed by atoms with Gasteiger partial charge in [-0.2, -0.15) is 5.10 Å². The Morgan fingerprint density at radius 3 is 2.88 bits per heavy atom. The van der Waals surface area contributed by atoms with E-state index in [0.29, 0.717) is 30.0 Å². The van der Waals surface area contributed by atoms with Crippen molar-refractivity contribution in [3.05, 3.63) is 77.8 Å². The molecule has 3 heterocycles. The predicted molar refractivity (Wildman–Crippen MR) is 131 cm³/mol. The summed E-state index contributed by atoms with van der Waals surface area (Å²) in [6.07, 6.45) is 13.9. The van der Waals surface area contributed by atoms with Gasteiger partial charge < -0.3 is 9.64 Å². The minimum Gasteiger partial charge on any atom is -0.474 e. The molecule has 0 saturated carbocycles. The van der Waals surface area contributed by atoms with Gasteiger partial charge in [0.05, 0.1) is 11.8 Å². The van der Waals surface area contributed by atoms with Crippen LogP contribution in [0.2, 0.25) is 0 Å². The molecule has 1 aliphatic rings. The number of rotatable bonds is 8. The molecule has 3 rings (SSSR count). The van der Waals surface area contributed by atoms with E-state index in [4.69, 9.17) is 4.74 Å². The number of aromatic nitrogens is 3. The van der Waals surface area contributed by atoms with Crippen LogP contribution in [0.1, 0.15) is 50.7 Å². The molecule has 0 aliphatic carbocycles. The number of aryl methyl sites for hydroxylation is 1. The van der Waals surface area contributed by atoms with Gasteiger partial charge in [0.2, 0.25) is 5.88 Å². The van der Waals surface area contributed by atoms with E-state index < -0.39 is 0 Å². The molecule has 1 saturated heterocycles. The summed E-state index contributed by atoms with van der Waals surface area (Å²) in [5.74, 6) is 6.71. The molecule has 32 heavy (non-hydrogen) atoms. The summed E-state index contributed by atoms with van der Waals surface area (Å²) in [6.45, 7) is 7.67. The Morgan fingerprint density at radius 2 is 2.19 bits per heavy atom. The van der Waals surface area contributed by atoms with E-state index in [1.54, 1.807) is 18.5 Å². The number of carbonyl (C=O) groups is 1. The summed E-state index contributed by atoms with van der Waals surface area (Å²) < 4.78 is 5.99. The van der Waals surface area contributed by atoms with Gasteiger partial charge in [-0.3, -0.25) is 9.89 Å². The quantitative estimate of drug-likeness (QED) is 0.373. The van der Waals surface area contributed by atoms with Crippen molar-refractivity contribution in [2.45, 2.75) is 38.7 Å².